The molecule has 1 aromatic rings. The van der Waals surface area contributed by atoms with Crippen LogP contribution in [0.25, 0.3) is 0 Å². The maximum Gasteiger partial charge on any atom is 0.243 e. The van der Waals surface area contributed by atoms with Crippen molar-refractivity contribution < 1.29 is 14.3 Å². The molecule has 0 aromatic heterocycles. The molecule has 1 aromatic carbocycles. The van der Waals surface area contributed by atoms with E-state index in [9.17, 15) is 4.79 Å². The third kappa shape index (κ3) is 3.08. The predicted octanol–water partition coefficient (Wildman–Crippen LogP) is 2.95. The van der Waals surface area contributed by atoms with Crippen molar-refractivity contribution in [1.29, 1.82) is 0 Å². The number of hydrogen-bond donors (Lipinski definition) is 0. The molecule has 5 heteroatoms. The lowest BCUT2D eigenvalue weighted by atomic mass is 9.95. The maximum absolute atomic E-state index is 11.8. The molecular weight excluding hydrogens is 280 g/mol. The summed E-state index contributed by atoms with van der Waals surface area (Å²) in [5.41, 5.74) is 1.04. The Morgan fingerprint density at radius 3 is 2.68 bits per heavy atom. The van der Waals surface area contributed by atoms with Crippen molar-refractivity contribution in [2.75, 3.05) is 14.2 Å². The summed E-state index contributed by atoms with van der Waals surface area (Å²) in [4.78, 5) is 11.8. The fourth-order valence-electron chi connectivity index (χ4n) is 3.02. The molecule has 2 aliphatic rings. The molecule has 118 valence electrons. The van der Waals surface area contributed by atoms with Gasteiger partial charge in [-0.25, -0.2) is 5.01 Å². The molecule has 0 bridgehead atoms. The minimum Gasteiger partial charge on any atom is -0.493 e. The maximum atomic E-state index is 11.8. The van der Waals surface area contributed by atoms with Gasteiger partial charge in [0.1, 0.15) is 0 Å². The van der Waals surface area contributed by atoms with Crippen molar-refractivity contribution in [3.05, 3.63) is 23.8 Å². The Morgan fingerprint density at radius 2 is 2.00 bits per heavy atom. The summed E-state index contributed by atoms with van der Waals surface area (Å²) in [6.07, 6.45) is 7.18. The molecule has 3 rings (SSSR count). The number of carbonyl (C=O) groups is 1. The molecule has 0 saturated heterocycles. The van der Waals surface area contributed by atoms with Crippen LogP contribution < -0.4 is 9.47 Å². The molecular formula is C17H22N2O3. The Hall–Kier alpha value is -2.04. The van der Waals surface area contributed by atoms with E-state index in [2.05, 4.69) is 5.10 Å². The summed E-state index contributed by atoms with van der Waals surface area (Å²) in [7, 11) is 3.33. The zero-order valence-corrected chi connectivity index (χ0v) is 13.1. The fraction of sp³-hybridized carbons (Fsp3) is 0.529. The molecule has 1 saturated carbocycles. The molecule has 1 aliphatic carbocycles. The minimum atomic E-state index is 0.000495. The largest absolute Gasteiger partial charge is 0.493 e. The molecule has 0 N–H and O–H groups in total. The van der Waals surface area contributed by atoms with Gasteiger partial charge in [0, 0.05) is 25.6 Å². The summed E-state index contributed by atoms with van der Waals surface area (Å²) in [6.45, 7) is 0. The molecule has 1 amide bonds. The van der Waals surface area contributed by atoms with E-state index in [0.717, 1.165) is 29.9 Å². The van der Waals surface area contributed by atoms with Crippen molar-refractivity contribution >= 4 is 12.1 Å². The van der Waals surface area contributed by atoms with Gasteiger partial charge in [-0.15, -0.1) is 0 Å². The van der Waals surface area contributed by atoms with Gasteiger partial charge in [0.2, 0.25) is 5.91 Å². The zero-order chi connectivity index (χ0) is 15.5. The highest BCUT2D eigenvalue weighted by molar-refractivity contribution is 5.86. The van der Waals surface area contributed by atoms with Crippen molar-refractivity contribution in [2.24, 2.45) is 5.10 Å². The Kier molecular flexibility index (Phi) is 4.32. The van der Waals surface area contributed by atoms with Crippen LogP contribution in [-0.2, 0) is 4.79 Å². The first kappa shape index (κ1) is 14.9. The smallest absolute Gasteiger partial charge is 0.243 e. The van der Waals surface area contributed by atoms with E-state index in [1.807, 2.05) is 24.4 Å². The molecule has 5 nitrogen and oxygen atoms in total. The number of carbonyl (C=O) groups excluding carboxylic acids is 1. The summed E-state index contributed by atoms with van der Waals surface area (Å²) < 4.78 is 11.5. The Labute approximate surface area is 130 Å². The third-order valence-electron chi connectivity index (χ3n) is 4.39. The van der Waals surface area contributed by atoms with E-state index in [-0.39, 0.29) is 17.9 Å². The average Bonchev–Trinajstić information content (AvgIpc) is 3.03. The van der Waals surface area contributed by atoms with E-state index in [1.165, 1.54) is 17.9 Å². The molecule has 1 unspecified atom stereocenters. The first-order valence-corrected chi connectivity index (χ1v) is 7.82. The molecule has 1 heterocycles. The second-order valence-electron chi connectivity index (χ2n) is 5.93. The van der Waals surface area contributed by atoms with Gasteiger partial charge in [0.25, 0.3) is 0 Å². The normalized spacial score (nSPS) is 22.2. The van der Waals surface area contributed by atoms with Gasteiger partial charge in [-0.05, 0) is 43.4 Å². The van der Waals surface area contributed by atoms with Gasteiger partial charge in [-0.3, -0.25) is 4.79 Å². The van der Waals surface area contributed by atoms with Gasteiger partial charge < -0.3 is 9.47 Å². The van der Waals surface area contributed by atoms with Gasteiger partial charge in [0.15, 0.2) is 11.5 Å². The number of methoxy groups -OCH3 is 1. The van der Waals surface area contributed by atoms with Crippen molar-refractivity contribution in [3.63, 3.8) is 0 Å². The Bertz CT molecular complexity index is 579. The van der Waals surface area contributed by atoms with Gasteiger partial charge in [-0.1, -0.05) is 6.07 Å². The van der Waals surface area contributed by atoms with Crippen LogP contribution in [0.15, 0.2) is 23.3 Å². The molecule has 0 radical (unpaired) electrons. The number of amides is 1. The van der Waals surface area contributed by atoms with Crippen LogP contribution in [0.1, 0.15) is 43.6 Å². The Morgan fingerprint density at radius 1 is 1.23 bits per heavy atom. The van der Waals surface area contributed by atoms with Crippen molar-refractivity contribution in [3.8, 4) is 11.5 Å². The van der Waals surface area contributed by atoms with E-state index >= 15 is 0 Å². The number of hydrazone groups is 1. The molecule has 1 aliphatic heterocycles. The van der Waals surface area contributed by atoms with Crippen LogP contribution in [0, 0.1) is 0 Å². The van der Waals surface area contributed by atoms with E-state index in [1.54, 1.807) is 14.2 Å². The molecule has 1 atom stereocenters. The standard InChI is InChI=1S/C17H22N2O3/c1-19-17(20)10-13(11-18-19)12-7-8-15(21-2)16(9-12)22-14-5-3-4-6-14/h7-9,11,13-14H,3-6,10H2,1-2H3. The van der Waals surface area contributed by atoms with Crippen LogP contribution in [0.2, 0.25) is 0 Å². The van der Waals surface area contributed by atoms with Crippen LogP contribution in [-0.4, -0.2) is 37.4 Å². The number of rotatable bonds is 4. The Balaban J connectivity index is 1.83. The van der Waals surface area contributed by atoms with Gasteiger partial charge in [-0.2, -0.15) is 5.10 Å². The van der Waals surface area contributed by atoms with Crippen LogP contribution in [0.4, 0.5) is 0 Å². The number of hydrogen-bond acceptors (Lipinski definition) is 4. The number of ether oxygens (including phenoxy) is 2. The van der Waals surface area contributed by atoms with Gasteiger partial charge in [0.05, 0.1) is 13.2 Å². The second kappa shape index (κ2) is 6.38. The van der Waals surface area contributed by atoms with E-state index < -0.39 is 0 Å². The van der Waals surface area contributed by atoms with Crippen LogP contribution in [0.3, 0.4) is 0 Å². The molecule has 22 heavy (non-hydrogen) atoms. The number of nitrogens with zero attached hydrogens (tertiary/aromatic N) is 2. The second-order valence-corrected chi connectivity index (χ2v) is 5.93. The monoisotopic (exact) mass is 302 g/mol. The first-order chi connectivity index (χ1) is 10.7. The highest BCUT2D eigenvalue weighted by atomic mass is 16.5. The summed E-state index contributed by atoms with van der Waals surface area (Å²) >= 11 is 0. The topological polar surface area (TPSA) is 51.1 Å². The highest BCUT2D eigenvalue weighted by Crippen LogP contribution is 2.35. The number of benzene rings is 1. The first-order valence-electron chi connectivity index (χ1n) is 7.82. The quantitative estimate of drug-likeness (QED) is 0.859. The van der Waals surface area contributed by atoms with E-state index in [4.69, 9.17) is 9.47 Å². The summed E-state index contributed by atoms with van der Waals surface area (Å²) in [5.74, 6) is 1.54. The lowest BCUT2D eigenvalue weighted by Crippen LogP contribution is -2.28. The fourth-order valence-corrected chi connectivity index (χ4v) is 3.02. The highest BCUT2D eigenvalue weighted by Gasteiger charge is 2.24. The summed E-state index contributed by atoms with van der Waals surface area (Å²) in [6, 6.07) is 5.89. The van der Waals surface area contributed by atoms with Crippen LogP contribution in [0.5, 0.6) is 11.5 Å². The summed E-state index contributed by atoms with van der Waals surface area (Å²) in [5, 5.41) is 5.52. The van der Waals surface area contributed by atoms with Gasteiger partial charge >= 0.3 is 0 Å². The average molecular weight is 302 g/mol. The minimum absolute atomic E-state index is 0.000495. The third-order valence-corrected chi connectivity index (χ3v) is 4.39. The van der Waals surface area contributed by atoms with Crippen molar-refractivity contribution in [1.82, 2.24) is 5.01 Å². The SMILES string of the molecule is COc1ccc(C2C=NN(C)C(=O)C2)cc1OC1CCCC1. The molecule has 1 fully saturated rings. The molecule has 0 spiro atoms. The van der Waals surface area contributed by atoms with Crippen molar-refractivity contribution in [2.45, 2.75) is 44.1 Å². The lowest BCUT2D eigenvalue weighted by Gasteiger charge is -2.23. The predicted molar refractivity (Wildman–Crippen MR) is 84.5 cm³/mol. The van der Waals surface area contributed by atoms with E-state index in [0.29, 0.717) is 6.42 Å². The lowest BCUT2D eigenvalue weighted by molar-refractivity contribution is -0.130. The van der Waals surface area contributed by atoms with Crippen LogP contribution >= 0.6 is 0 Å². The zero-order valence-electron chi connectivity index (χ0n) is 13.1.